The molecule has 4 rings (SSSR count). The maximum absolute atomic E-state index is 5.44. The van der Waals surface area contributed by atoms with Crippen molar-refractivity contribution in [2.75, 3.05) is 14.2 Å². The topological polar surface area (TPSA) is 62.9 Å². The average Bonchev–Trinajstić information content (AvgIpc) is 3.16. The van der Waals surface area contributed by atoms with Gasteiger partial charge in [0.25, 0.3) is 0 Å². The summed E-state index contributed by atoms with van der Waals surface area (Å²) in [6.07, 6.45) is 3.75. The lowest BCUT2D eigenvalue weighted by molar-refractivity contribution is 0.397. The predicted molar refractivity (Wildman–Crippen MR) is 86.5 cm³/mol. The van der Waals surface area contributed by atoms with E-state index in [0.717, 1.165) is 44.7 Å². The first-order valence-corrected chi connectivity index (χ1v) is 6.97. The number of aromatic nitrogens is 3. The number of methoxy groups -OCH3 is 2. The molecule has 0 aliphatic rings. The van der Waals surface area contributed by atoms with E-state index >= 15 is 0 Å². The molecule has 4 aromatic rings. The molecule has 0 aliphatic carbocycles. The highest BCUT2D eigenvalue weighted by Crippen LogP contribution is 2.37. The van der Waals surface area contributed by atoms with E-state index in [1.165, 1.54) is 0 Å². The van der Waals surface area contributed by atoms with Gasteiger partial charge in [0.15, 0.2) is 0 Å². The molecule has 0 saturated carbocycles. The normalized spacial score (nSPS) is 11.2. The lowest BCUT2D eigenvalue weighted by atomic mass is 10.1. The van der Waals surface area contributed by atoms with Gasteiger partial charge in [-0.05, 0) is 24.3 Å². The molecule has 0 unspecified atom stereocenters. The first-order valence-electron chi connectivity index (χ1n) is 6.97. The van der Waals surface area contributed by atoms with Crippen LogP contribution in [0.5, 0.6) is 11.5 Å². The molecule has 1 aromatic carbocycles. The lowest BCUT2D eigenvalue weighted by Gasteiger charge is -2.06. The van der Waals surface area contributed by atoms with Crippen LogP contribution in [0.2, 0.25) is 0 Å². The Morgan fingerprint density at radius 1 is 1.09 bits per heavy atom. The van der Waals surface area contributed by atoms with Crippen LogP contribution in [0.25, 0.3) is 33.2 Å². The highest BCUT2D eigenvalue weighted by Gasteiger charge is 2.14. The molecule has 3 heterocycles. The molecule has 0 fully saturated rings. The largest absolute Gasteiger partial charge is 0.497 e. The molecule has 0 saturated heterocycles. The Hall–Kier alpha value is -2.95. The lowest BCUT2D eigenvalue weighted by Crippen LogP contribution is -1.88. The van der Waals surface area contributed by atoms with Crippen molar-refractivity contribution in [1.29, 1.82) is 0 Å². The van der Waals surface area contributed by atoms with E-state index in [-0.39, 0.29) is 0 Å². The van der Waals surface area contributed by atoms with Crippen molar-refractivity contribution in [3.8, 4) is 22.8 Å². The molecule has 5 heteroatoms. The monoisotopic (exact) mass is 293 g/mol. The van der Waals surface area contributed by atoms with Crippen LogP contribution in [0.15, 0.2) is 42.7 Å². The number of aromatic amines is 2. The van der Waals surface area contributed by atoms with Crippen LogP contribution < -0.4 is 9.47 Å². The molecule has 3 aromatic heterocycles. The van der Waals surface area contributed by atoms with Gasteiger partial charge < -0.3 is 19.4 Å². The molecule has 5 nitrogen and oxygen atoms in total. The number of rotatable bonds is 3. The van der Waals surface area contributed by atoms with Gasteiger partial charge in [0.1, 0.15) is 17.1 Å². The summed E-state index contributed by atoms with van der Waals surface area (Å²) < 4.78 is 10.8. The molecule has 22 heavy (non-hydrogen) atoms. The van der Waals surface area contributed by atoms with Crippen molar-refractivity contribution >= 4 is 21.9 Å². The zero-order valence-electron chi connectivity index (χ0n) is 12.3. The maximum atomic E-state index is 5.44. The molecule has 0 atom stereocenters. The van der Waals surface area contributed by atoms with Crippen molar-refractivity contribution in [3.05, 3.63) is 42.7 Å². The van der Waals surface area contributed by atoms with Gasteiger partial charge in [0.05, 0.1) is 19.7 Å². The van der Waals surface area contributed by atoms with Crippen molar-refractivity contribution in [2.24, 2.45) is 0 Å². The fourth-order valence-electron chi connectivity index (χ4n) is 2.78. The third kappa shape index (κ3) is 1.83. The van der Waals surface area contributed by atoms with E-state index in [0.29, 0.717) is 0 Å². The van der Waals surface area contributed by atoms with Gasteiger partial charge in [-0.3, -0.25) is 0 Å². The Kier molecular flexibility index (Phi) is 2.79. The molecule has 2 N–H and O–H groups in total. The Bertz CT molecular complexity index is 936. The van der Waals surface area contributed by atoms with Crippen LogP contribution in [0.3, 0.4) is 0 Å². The fraction of sp³-hybridized carbons (Fsp3) is 0.118. The van der Waals surface area contributed by atoms with Gasteiger partial charge in [-0.2, -0.15) is 0 Å². The maximum Gasteiger partial charge on any atom is 0.146 e. The zero-order valence-corrected chi connectivity index (χ0v) is 12.3. The van der Waals surface area contributed by atoms with E-state index in [2.05, 4.69) is 21.0 Å². The number of fused-ring (bicyclic) bond motifs is 2. The van der Waals surface area contributed by atoms with E-state index < -0.39 is 0 Å². The molecule has 0 bridgehead atoms. The highest BCUT2D eigenvalue weighted by atomic mass is 16.5. The molecule has 0 amide bonds. The summed E-state index contributed by atoms with van der Waals surface area (Å²) in [6, 6.07) is 9.94. The van der Waals surface area contributed by atoms with Crippen molar-refractivity contribution in [1.82, 2.24) is 15.0 Å². The Balaban J connectivity index is 1.98. The first kappa shape index (κ1) is 12.8. The molecular formula is C17H15N3O2. The van der Waals surface area contributed by atoms with E-state index in [1.54, 1.807) is 20.4 Å². The third-order valence-electron chi connectivity index (χ3n) is 3.86. The Labute approximate surface area is 126 Å². The minimum atomic E-state index is 0.759. The number of hydrogen-bond donors (Lipinski definition) is 2. The highest BCUT2D eigenvalue weighted by molar-refractivity contribution is 6.00. The van der Waals surface area contributed by atoms with Crippen LogP contribution in [-0.2, 0) is 0 Å². The second kappa shape index (κ2) is 4.80. The van der Waals surface area contributed by atoms with Gasteiger partial charge in [-0.15, -0.1) is 0 Å². The van der Waals surface area contributed by atoms with Crippen LogP contribution in [0.1, 0.15) is 0 Å². The number of hydrogen-bond acceptors (Lipinski definition) is 3. The molecular weight excluding hydrogens is 278 g/mol. The second-order valence-corrected chi connectivity index (χ2v) is 5.08. The summed E-state index contributed by atoms with van der Waals surface area (Å²) in [4.78, 5) is 11.0. The zero-order chi connectivity index (χ0) is 15.1. The van der Waals surface area contributed by atoms with Gasteiger partial charge >= 0.3 is 0 Å². The SMILES string of the molecule is COc1cc(OC)c2[nH]cc(-c3cc4cccnc4[nH]3)c2c1. The van der Waals surface area contributed by atoms with Gasteiger partial charge in [0, 0.05) is 40.5 Å². The van der Waals surface area contributed by atoms with Gasteiger partial charge in [-0.25, -0.2) is 4.98 Å². The van der Waals surface area contributed by atoms with Crippen LogP contribution >= 0.6 is 0 Å². The summed E-state index contributed by atoms with van der Waals surface area (Å²) in [6.45, 7) is 0. The summed E-state index contributed by atoms with van der Waals surface area (Å²) in [5, 5.41) is 2.13. The predicted octanol–water partition coefficient (Wildman–Crippen LogP) is 3.73. The number of benzene rings is 1. The smallest absolute Gasteiger partial charge is 0.146 e. The summed E-state index contributed by atoms with van der Waals surface area (Å²) in [5.41, 5.74) is 3.90. The van der Waals surface area contributed by atoms with Crippen molar-refractivity contribution in [3.63, 3.8) is 0 Å². The summed E-state index contributed by atoms with van der Waals surface area (Å²) in [5.74, 6) is 1.52. The van der Waals surface area contributed by atoms with Crippen LogP contribution in [-0.4, -0.2) is 29.2 Å². The fourth-order valence-corrected chi connectivity index (χ4v) is 2.78. The van der Waals surface area contributed by atoms with Crippen molar-refractivity contribution < 1.29 is 9.47 Å². The van der Waals surface area contributed by atoms with E-state index in [9.17, 15) is 0 Å². The first-order chi connectivity index (χ1) is 10.8. The number of nitrogens with one attached hydrogen (secondary N) is 2. The number of ether oxygens (including phenoxy) is 2. The molecule has 110 valence electrons. The minimum absolute atomic E-state index is 0.759. The van der Waals surface area contributed by atoms with Crippen molar-refractivity contribution in [2.45, 2.75) is 0 Å². The summed E-state index contributed by atoms with van der Waals surface area (Å²) in [7, 11) is 3.31. The molecule has 0 radical (unpaired) electrons. The number of H-pyrrole nitrogens is 2. The van der Waals surface area contributed by atoms with E-state index in [4.69, 9.17) is 9.47 Å². The molecule has 0 spiro atoms. The average molecular weight is 293 g/mol. The van der Waals surface area contributed by atoms with Crippen LogP contribution in [0.4, 0.5) is 0 Å². The Morgan fingerprint density at radius 2 is 2.00 bits per heavy atom. The van der Waals surface area contributed by atoms with E-state index in [1.807, 2.05) is 30.5 Å². The quantitative estimate of drug-likeness (QED) is 0.605. The third-order valence-corrected chi connectivity index (χ3v) is 3.86. The number of nitrogens with zero attached hydrogens (tertiary/aromatic N) is 1. The standard InChI is InChI=1S/C17H15N3O2/c1-21-11-7-12-13(9-19-16(12)15(8-11)22-2)14-6-10-4-3-5-18-17(10)20-14/h3-9,19H,1-2H3,(H,18,20). The van der Waals surface area contributed by atoms with Gasteiger partial charge in [-0.1, -0.05) is 0 Å². The second-order valence-electron chi connectivity index (χ2n) is 5.08. The Morgan fingerprint density at radius 3 is 2.77 bits per heavy atom. The molecule has 0 aliphatic heterocycles. The van der Waals surface area contributed by atoms with Gasteiger partial charge in [0.2, 0.25) is 0 Å². The number of pyridine rings is 1. The summed E-state index contributed by atoms with van der Waals surface area (Å²) >= 11 is 0. The van der Waals surface area contributed by atoms with Crippen LogP contribution in [0, 0.1) is 0 Å². The minimum Gasteiger partial charge on any atom is -0.497 e.